The van der Waals surface area contributed by atoms with Gasteiger partial charge < -0.3 is 16.0 Å². The standard InChI is InChI=1S/C21H27FN4O/c1-14-18(20(27)25-21(23)24)13-19(16-5-3-2-4-6-16)26(14)12-11-15-7-9-17(22)10-8-15/h7-10,13,16H,2-6,11-12H2,1H3,(H4,23,24,25,27). The molecule has 2 aromatic rings. The van der Waals surface area contributed by atoms with Crippen LogP contribution in [0.4, 0.5) is 4.39 Å². The van der Waals surface area contributed by atoms with Crippen molar-refractivity contribution in [3.8, 4) is 0 Å². The molecule has 1 heterocycles. The molecule has 4 N–H and O–H groups in total. The summed E-state index contributed by atoms with van der Waals surface area (Å²) in [6, 6.07) is 8.53. The van der Waals surface area contributed by atoms with Crippen molar-refractivity contribution in [1.29, 1.82) is 0 Å². The number of hydrogen-bond donors (Lipinski definition) is 2. The highest BCUT2D eigenvalue weighted by molar-refractivity contribution is 6.02. The zero-order chi connectivity index (χ0) is 19.4. The molecule has 1 saturated carbocycles. The third-order valence-electron chi connectivity index (χ3n) is 5.42. The largest absolute Gasteiger partial charge is 0.370 e. The molecule has 144 valence electrons. The molecule has 27 heavy (non-hydrogen) atoms. The molecule has 3 rings (SSSR count). The van der Waals surface area contributed by atoms with E-state index in [-0.39, 0.29) is 11.8 Å². The highest BCUT2D eigenvalue weighted by Gasteiger charge is 2.24. The number of carbonyl (C=O) groups is 1. The Morgan fingerprint density at radius 2 is 1.85 bits per heavy atom. The van der Waals surface area contributed by atoms with Crippen LogP contribution in [-0.2, 0) is 13.0 Å². The molecule has 0 unspecified atom stereocenters. The summed E-state index contributed by atoms with van der Waals surface area (Å²) in [6.07, 6.45) is 6.73. The fraction of sp³-hybridized carbons (Fsp3) is 0.429. The van der Waals surface area contributed by atoms with Crippen LogP contribution in [0.5, 0.6) is 0 Å². The molecule has 0 spiro atoms. The second-order valence-electron chi connectivity index (χ2n) is 7.27. The fourth-order valence-electron chi connectivity index (χ4n) is 3.99. The van der Waals surface area contributed by atoms with E-state index in [0.29, 0.717) is 11.5 Å². The molecule has 0 bridgehead atoms. The summed E-state index contributed by atoms with van der Waals surface area (Å²) in [5.41, 5.74) is 14.5. The molecule has 5 nitrogen and oxygen atoms in total. The van der Waals surface area contributed by atoms with Crippen LogP contribution in [-0.4, -0.2) is 16.4 Å². The van der Waals surface area contributed by atoms with Crippen molar-refractivity contribution >= 4 is 11.9 Å². The Balaban J connectivity index is 1.90. The number of halogens is 1. The monoisotopic (exact) mass is 370 g/mol. The fourth-order valence-corrected chi connectivity index (χ4v) is 3.99. The second-order valence-corrected chi connectivity index (χ2v) is 7.27. The Kier molecular flexibility index (Phi) is 5.94. The lowest BCUT2D eigenvalue weighted by atomic mass is 9.86. The van der Waals surface area contributed by atoms with Crippen molar-refractivity contribution in [1.82, 2.24) is 4.57 Å². The van der Waals surface area contributed by atoms with Crippen molar-refractivity contribution in [2.75, 3.05) is 0 Å². The maximum Gasteiger partial charge on any atom is 0.282 e. The van der Waals surface area contributed by atoms with E-state index in [1.54, 1.807) is 12.1 Å². The number of guanidine groups is 1. The third kappa shape index (κ3) is 4.56. The molecule has 0 atom stereocenters. The molecule has 0 saturated heterocycles. The third-order valence-corrected chi connectivity index (χ3v) is 5.42. The zero-order valence-electron chi connectivity index (χ0n) is 15.7. The highest BCUT2D eigenvalue weighted by Crippen LogP contribution is 2.35. The normalized spacial score (nSPS) is 14.9. The molecule has 0 radical (unpaired) electrons. The molecule has 1 amide bonds. The van der Waals surface area contributed by atoms with Crippen molar-refractivity contribution in [2.24, 2.45) is 16.5 Å². The number of rotatable bonds is 5. The molecule has 0 aliphatic heterocycles. The lowest BCUT2D eigenvalue weighted by molar-refractivity contribution is 0.100. The van der Waals surface area contributed by atoms with Gasteiger partial charge in [0.05, 0.1) is 5.56 Å². The molecular weight excluding hydrogens is 343 g/mol. The van der Waals surface area contributed by atoms with Crippen molar-refractivity contribution in [2.45, 2.75) is 57.9 Å². The predicted molar refractivity (Wildman–Crippen MR) is 105 cm³/mol. The Bertz CT molecular complexity index is 829. The number of carbonyl (C=O) groups excluding carboxylic acids is 1. The summed E-state index contributed by atoms with van der Waals surface area (Å²) < 4.78 is 15.4. The van der Waals surface area contributed by atoms with Crippen LogP contribution in [0, 0.1) is 12.7 Å². The summed E-state index contributed by atoms with van der Waals surface area (Å²) in [7, 11) is 0. The Hall–Kier alpha value is -2.63. The van der Waals surface area contributed by atoms with Crippen LogP contribution in [0.2, 0.25) is 0 Å². The van der Waals surface area contributed by atoms with Crippen LogP contribution < -0.4 is 11.5 Å². The first kappa shape index (κ1) is 19.1. The molecule has 1 aromatic heterocycles. The lowest BCUT2D eigenvalue weighted by Gasteiger charge is -2.24. The van der Waals surface area contributed by atoms with Gasteiger partial charge in [0.2, 0.25) is 0 Å². The van der Waals surface area contributed by atoms with Crippen molar-refractivity contribution in [3.63, 3.8) is 0 Å². The van der Waals surface area contributed by atoms with Crippen LogP contribution in [0.25, 0.3) is 0 Å². The number of amides is 1. The van der Waals surface area contributed by atoms with E-state index in [1.165, 1.54) is 37.1 Å². The summed E-state index contributed by atoms with van der Waals surface area (Å²) in [6.45, 7) is 2.67. The van der Waals surface area contributed by atoms with Gasteiger partial charge in [-0.1, -0.05) is 31.4 Å². The number of nitrogens with two attached hydrogens (primary N) is 2. The van der Waals surface area contributed by atoms with E-state index in [0.717, 1.165) is 37.1 Å². The number of benzene rings is 1. The van der Waals surface area contributed by atoms with Gasteiger partial charge in [0.25, 0.3) is 5.91 Å². The number of aliphatic imine (C=N–C) groups is 1. The minimum atomic E-state index is -0.398. The maximum absolute atomic E-state index is 13.1. The number of aryl methyl sites for hydroxylation is 1. The Morgan fingerprint density at radius 1 is 1.19 bits per heavy atom. The number of nitrogens with zero attached hydrogens (tertiary/aromatic N) is 2. The first-order valence-electron chi connectivity index (χ1n) is 9.54. The van der Waals surface area contributed by atoms with Gasteiger partial charge in [-0.3, -0.25) is 4.79 Å². The van der Waals surface area contributed by atoms with E-state index in [9.17, 15) is 9.18 Å². The average Bonchev–Trinajstić information content (AvgIpc) is 2.98. The summed E-state index contributed by atoms with van der Waals surface area (Å²) in [5, 5.41) is 0. The average molecular weight is 370 g/mol. The smallest absolute Gasteiger partial charge is 0.282 e. The highest BCUT2D eigenvalue weighted by atomic mass is 19.1. The molecular formula is C21H27FN4O. The summed E-state index contributed by atoms with van der Waals surface area (Å²) >= 11 is 0. The minimum Gasteiger partial charge on any atom is -0.370 e. The predicted octanol–water partition coefficient (Wildman–Crippen LogP) is 3.64. The lowest BCUT2D eigenvalue weighted by Crippen LogP contribution is -2.24. The van der Waals surface area contributed by atoms with Crippen LogP contribution in [0.1, 0.15) is 65.3 Å². The van der Waals surface area contributed by atoms with Gasteiger partial charge in [0.1, 0.15) is 5.82 Å². The van der Waals surface area contributed by atoms with Gasteiger partial charge in [-0.15, -0.1) is 0 Å². The Morgan fingerprint density at radius 3 is 2.48 bits per heavy atom. The molecule has 6 heteroatoms. The SMILES string of the molecule is Cc1c(C(=O)N=C(N)N)cc(C2CCCCC2)n1CCc1ccc(F)cc1. The molecule has 1 aromatic carbocycles. The molecule has 1 aliphatic rings. The molecule has 1 aliphatic carbocycles. The minimum absolute atomic E-state index is 0.224. The van der Waals surface area contributed by atoms with Gasteiger partial charge in [-0.2, -0.15) is 4.99 Å². The van der Waals surface area contributed by atoms with Gasteiger partial charge in [-0.05, 0) is 55.9 Å². The van der Waals surface area contributed by atoms with Crippen LogP contribution >= 0.6 is 0 Å². The second kappa shape index (κ2) is 8.37. The van der Waals surface area contributed by atoms with E-state index in [1.807, 2.05) is 13.0 Å². The van der Waals surface area contributed by atoms with Crippen LogP contribution in [0.15, 0.2) is 35.3 Å². The van der Waals surface area contributed by atoms with Gasteiger partial charge in [0, 0.05) is 17.9 Å². The first-order valence-corrected chi connectivity index (χ1v) is 9.54. The van der Waals surface area contributed by atoms with Gasteiger partial charge in [-0.25, -0.2) is 4.39 Å². The van der Waals surface area contributed by atoms with Crippen molar-refractivity contribution in [3.05, 3.63) is 58.7 Å². The van der Waals surface area contributed by atoms with E-state index >= 15 is 0 Å². The topological polar surface area (TPSA) is 86.4 Å². The maximum atomic E-state index is 13.1. The Labute approximate surface area is 159 Å². The summed E-state index contributed by atoms with van der Waals surface area (Å²) in [4.78, 5) is 16.1. The molecule has 1 fully saturated rings. The summed E-state index contributed by atoms with van der Waals surface area (Å²) in [5.74, 6) is -0.405. The van der Waals surface area contributed by atoms with E-state index < -0.39 is 5.91 Å². The van der Waals surface area contributed by atoms with Gasteiger partial charge >= 0.3 is 0 Å². The number of aromatic nitrogens is 1. The quantitative estimate of drug-likeness (QED) is 0.622. The van der Waals surface area contributed by atoms with Crippen LogP contribution in [0.3, 0.4) is 0 Å². The van der Waals surface area contributed by atoms with E-state index in [2.05, 4.69) is 9.56 Å². The number of hydrogen-bond acceptors (Lipinski definition) is 1. The first-order chi connectivity index (χ1) is 13.0. The van der Waals surface area contributed by atoms with Gasteiger partial charge in [0.15, 0.2) is 5.96 Å². The van der Waals surface area contributed by atoms with E-state index in [4.69, 9.17) is 11.5 Å². The zero-order valence-corrected chi connectivity index (χ0v) is 15.7. The van der Waals surface area contributed by atoms with Crippen molar-refractivity contribution < 1.29 is 9.18 Å².